The molecule has 0 aliphatic rings. The van der Waals surface area contributed by atoms with Crippen LogP contribution in [0.1, 0.15) is 46.5 Å². The molecular formula is C13H27N3O2. The number of amides is 2. The Labute approximate surface area is 110 Å². The van der Waals surface area contributed by atoms with Gasteiger partial charge in [0.2, 0.25) is 11.8 Å². The number of unbranched alkanes of at least 4 members (excludes halogenated alkanes) is 3. The van der Waals surface area contributed by atoms with Gasteiger partial charge >= 0.3 is 0 Å². The fraction of sp³-hybridized carbons (Fsp3) is 0.846. The third-order valence-electron chi connectivity index (χ3n) is 2.80. The van der Waals surface area contributed by atoms with Crippen molar-refractivity contribution in [3.8, 4) is 0 Å². The van der Waals surface area contributed by atoms with Crippen molar-refractivity contribution in [1.29, 1.82) is 0 Å². The lowest BCUT2D eigenvalue weighted by atomic mass is 10.1. The zero-order chi connectivity index (χ0) is 14.0. The van der Waals surface area contributed by atoms with Gasteiger partial charge in [0.25, 0.3) is 0 Å². The Morgan fingerprint density at radius 3 is 2.33 bits per heavy atom. The molecule has 0 saturated carbocycles. The van der Waals surface area contributed by atoms with Gasteiger partial charge in [-0.2, -0.15) is 0 Å². The topological polar surface area (TPSA) is 84.2 Å². The van der Waals surface area contributed by atoms with E-state index in [0.717, 1.165) is 12.8 Å². The minimum atomic E-state index is -0.553. The maximum absolute atomic E-state index is 11.5. The first kappa shape index (κ1) is 16.9. The van der Waals surface area contributed by atoms with Crippen molar-refractivity contribution < 1.29 is 9.59 Å². The molecule has 4 N–H and O–H groups in total. The molecule has 0 saturated heterocycles. The Kier molecular flexibility index (Phi) is 9.28. The van der Waals surface area contributed by atoms with E-state index < -0.39 is 6.04 Å². The normalized spacial score (nSPS) is 12.3. The summed E-state index contributed by atoms with van der Waals surface area (Å²) in [4.78, 5) is 22.9. The Morgan fingerprint density at radius 2 is 1.78 bits per heavy atom. The van der Waals surface area contributed by atoms with E-state index in [0.29, 0.717) is 6.54 Å². The van der Waals surface area contributed by atoms with E-state index in [1.54, 1.807) is 0 Å². The van der Waals surface area contributed by atoms with Crippen molar-refractivity contribution in [3.05, 3.63) is 0 Å². The van der Waals surface area contributed by atoms with Gasteiger partial charge in [-0.05, 0) is 12.3 Å². The molecule has 0 aromatic rings. The molecule has 0 radical (unpaired) electrons. The molecule has 5 heteroatoms. The molecule has 0 aliphatic heterocycles. The first-order valence-electron chi connectivity index (χ1n) is 6.79. The van der Waals surface area contributed by atoms with Crippen LogP contribution in [0.25, 0.3) is 0 Å². The third kappa shape index (κ3) is 8.06. The summed E-state index contributed by atoms with van der Waals surface area (Å²) in [7, 11) is 0. The van der Waals surface area contributed by atoms with E-state index in [9.17, 15) is 9.59 Å². The second-order valence-electron chi connectivity index (χ2n) is 4.90. The summed E-state index contributed by atoms with van der Waals surface area (Å²) >= 11 is 0. The Bertz CT molecular complexity index is 255. The first-order chi connectivity index (χ1) is 8.49. The molecule has 1 atom stereocenters. The van der Waals surface area contributed by atoms with Crippen LogP contribution in [-0.2, 0) is 9.59 Å². The Morgan fingerprint density at radius 1 is 1.11 bits per heavy atom. The zero-order valence-electron chi connectivity index (χ0n) is 11.8. The maximum atomic E-state index is 11.5. The van der Waals surface area contributed by atoms with E-state index in [1.807, 2.05) is 13.8 Å². The molecule has 0 aromatic carbocycles. The molecule has 106 valence electrons. The predicted molar refractivity (Wildman–Crippen MR) is 73.0 cm³/mol. The molecule has 2 amide bonds. The number of rotatable bonds is 9. The average Bonchev–Trinajstić information content (AvgIpc) is 2.34. The largest absolute Gasteiger partial charge is 0.355 e. The Hall–Kier alpha value is -1.10. The summed E-state index contributed by atoms with van der Waals surface area (Å²) in [5, 5.41) is 5.31. The number of nitrogens with one attached hydrogen (secondary N) is 2. The van der Waals surface area contributed by atoms with Gasteiger partial charge in [0.15, 0.2) is 0 Å². The van der Waals surface area contributed by atoms with Crippen LogP contribution in [0.2, 0.25) is 0 Å². The highest BCUT2D eigenvalue weighted by Crippen LogP contribution is 1.98. The van der Waals surface area contributed by atoms with Crippen molar-refractivity contribution in [2.45, 2.75) is 52.5 Å². The standard InChI is InChI=1S/C13H27N3O2/c1-4-5-6-7-8-15-11(17)9-16-13(18)12(14)10(2)3/h10,12H,4-9,14H2,1-3H3,(H,15,17)(H,16,18)/t12-/m0/s1. The third-order valence-corrected chi connectivity index (χ3v) is 2.80. The van der Waals surface area contributed by atoms with E-state index >= 15 is 0 Å². The van der Waals surface area contributed by atoms with Crippen LogP contribution < -0.4 is 16.4 Å². The van der Waals surface area contributed by atoms with Crippen LogP contribution in [0.3, 0.4) is 0 Å². The summed E-state index contributed by atoms with van der Waals surface area (Å²) in [6, 6.07) is -0.553. The molecular weight excluding hydrogens is 230 g/mol. The molecule has 18 heavy (non-hydrogen) atoms. The van der Waals surface area contributed by atoms with Gasteiger partial charge in [-0.3, -0.25) is 9.59 Å². The smallest absolute Gasteiger partial charge is 0.239 e. The monoisotopic (exact) mass is 257 g/mol. The van der Waals surface area contributed by atoms with Gasteiger partial charge in [0, 0.05) is 6.54 Å². The van der Waals surface area contributed by atoms with Gasteiger partial charge < -0.3 is 16.4 Å². The first-order valence-corrected chi connectivity index (χ1v) is 6.79. The van der Waals surface area contributed by atoms with E-state index in [2.05, 4.69) is 17.6 Å². The highest BCUT2D eigenvalue weighted by Gasteiger charge is 2.17. The fourth-order valence-electron chi connectivity index (χ4n) is 1.43. The van der Waals surface area contributed by atoms with Crippen molar-refractivity contribution in [2.24, 2.45) is 11.7 Å². The lowest BCUT2D eigenvalue weighted by Crippen LogP contribution is -2.47. The van der Waals surface area contributed by atoms with Crippen LogP contribution in [0.5, 0.6) is 0 Å². The van der Waals surface area contributed by atoms with Gasteiger partial charge in [0.1, 0.15) is 0 Å². The highest BCUT2D eigenvalue weighted by molar-refractivity contribution is 5.87. The number of nitrogens with two attached hydrogens (primary N) is 1. The lowest BCUT2D eigenvalue weighted by Gasteiger charge is -2.15. The second-order valence-corrected chi connectivity index (χ2v) is 4.90. The highest BCUT2D eigenvalue weighted by atomic mass is 16.2. The SMILES string of the molecule is CCCCCCNC(=O)CNC(=O)[C@@H](N)C(C)C. The minimum absolute atomic E-state index is 0.00698. The van der Waals surface area contributed by atoms with Crippen molar-refractivity contribution in [3.63, 3.8) is 0 Å². The average molecular weight is 257 g/mol. The maximum Gasteiger partial charge on any atom is 0.239 e. The van der Waals surface area contributed by atoms with Crippen LogP contribution in [-0.4, -0.2) is 30.9 Å². The van der Waals surface area contributed by atoms with Gasteiger partial charge in [0.05, 0.1) is 12.6 Å². The number of hydrogen-bond acceptors (Lipinski definition) is 3. The van der Waals surface area contributed by atoms with Crippen molar-refractivity contribution >= 4 is 11.8 Å². The van der Waals surface area contributed by atoms with E-state index in [-0.39, 0.29) is 24.3 Å². The fourth-order valence-corrected chi connectivity index (χ4v) is 1.43. The lowest BCUT2D eigenvalue weighted by molar-refractivity contribution is -0.127. The van der Waals surface area contributed by atoms with Crippen LogP contribution in [0.15, 0.2) is 0 Å². The van der Waals surface area contributed by atoms with Gasteiger partial charge in [-0.15, -0.1) is 0 Å². The quantitative estimate of drug-likeness (QED) is 0.534. The number of hydrogen-bond donors (Lipinski definition) is 3. The molecule has 0 spiro atoms. The number of carbonyl (C=O) groups is 2. The summed E-state index contributed by atoms with van der Waals surface area (Å²) in [6.07, 6.45) is 4.48. The molecule has 5 nitrogen and oxygen atoms in total. The predicted octanol–water partition coefficient (Wildman–Crippen LogP) is 0.782. The molecule has 0 aromatic heterocycles. The van der Waals surface area contributed by atoms with Gasteiger partial charge in [-0.25, -0.2) is 0 Å². The van der Waals surface area contributed by atoms with Crippen LogP contribution in [0.4, 0.5) is 0 Å². The summed E-state index contributed by atoms with van der Waals surface area (Å²) in [6.45, 7) is 6.57. The molecule has 0 rings (SSSR count). The van der Waals surface area contributed by atoms with Gasteiger partial charge in [-0.1, -0.05) is 40.0 Å². The zero-order valence-corrected chi connectivity index (χ0v) is 11.8. The molecule has 0 heterocycles. The van der Waals surface area contributed by atoms with Crippen molar-refractivity contribution in [2.75, 3.05) is 13.1 Å². The van der Waals surface area contributed by atoms with Crippen LogP contribution >= 0.6 is 0 Å². The van der Waals surface area contributed by atoms with Crippen molar-refractivity contribution in [1.82, 2.24) is 10.6 Å². The molecule has 0 unspecified atom stereocenters. The van der Waals surface area contributed by atoms with E-state index in [1.165, 1.54) is 12.8 Å². The summed E-state index contributed by atoms with van der Waals surface area (Å²) in [5.41, 5.74) is 5.66. The Balaban J connectivity index is 3.61. The molecule has 0 bridgehead atoms. The number of carbonyl (C=O) groups excluding carboxylic acids is 2. The summed E-state index contributed by atoms with van der Waals surface area (Å²) in [5.74, 6) is -0.357. The molecule has 0 fully saturated rings. The summed E-state index contributed by atoms with van der Waals surface area (Å²) < 4.78 is 0. The minimum Gasteiger partial charge on any atom is -0.355 e. The molecule has 0 aliphatic carbocycles. The van der Waals surface area contributed by atoms with Crippen LogP contribution in [0, 0.1) is 5.92 Å². The second kappa shape index (κ2) is 9.88. The van der Waals surface area contributed by atoms with E-state index in [4.69, 9.17) is 5.73 Å².